The lowest BCUT2D eigenvalue weighted by atomic mass is 9.92. The highest BCUT2D eigenvalue weighted by molar-refractivity contribution is 9.10. The maximum absolute atomic E-state index is 10.6. The number of aliphatic hydroxyl groups is 1. The maximum atomic E-state index is 10.6. The van der Waals surface area contributed by atoms with E-state index in [2.05, 4.69) is 45.2 Å². The Labute approximate surface area is 133 Å². The fourth-order valence-electron chi connectivity index (χ4n) is 4.02. The van der Waals surface area contributed by atoms with Crippen molar-refractivity contribution < 1.29 is 5.11 Å². The zero-order chi connectivity index (χ0) is 14.4. The highest BCUT2D eigenvalue weighted by Crippen LogP contribution is 2.61. The van der Waals surface area contributed by atoms with Crippen LogP contribution in [0.5, 0.6) is 0 Å². The van der Waals surface area contributed by atoms with Crippen LogP contribution >= 0.6 is 15.9 Å². The number of halogens is 1. The molecule has 3 heteroatoms. The van der Waals surface area contributed by atoms with E-state index in [-0.39, 0.29) is 6.10 Å². The molecule has 1 heterocycles. The van der Waals surface area contributed by atoms with Crippen LogP contribution in [0, 0.1) is 11.8 Å². The van der Waals surface area contributed by atoms with Gasteiger partial charge in [0.25, 0.3) is 0 Å². The predicted molar refractivity (Wildman–Crippen MR) is 86.1 cm³/mol. The van der Waals surface area contributed by atoms with Gasteiger partial charge in [-0.05, 0) is 69.8 Å². The molecule has 4 unspecified atom stereocenters. The van der Waals surface area contributed by atoms with E-state index in [0.29, 0.717) is 24.2 Å². The van der Waals surface area contributed by atoms with Crippen molar-refractivity contribution in [3.05, 3.63) is 63.9 Å². The number of pyridine rings is 1. The van der Waals surface area contributed by atoms with E-state index >= 15 is 0 Å². The quantitative estimate of drug-likeness (QED) is 0.921. The molecule has 108 valence electrons. The van der Waals surface area contributed by atoms with Gasteiger partial charge in [-0.1, -0.05) is 24.3 Å². The summed E-state index contributed by atoms with van der Waals surface area (Å²) in [6, 6.07) is 12.7. The van der Waals surface area contributed by atoms with E-state index in [1.54, 1.807) is 6.20 Å². The van der Waals surface area contributed by atoms with Crippen LogP contribution in [0.25, 0.3) is 0 Å². The van der Waals surface area contributed by atoms with E-state index in [1.165, 1.54) is 17.5 Å². The van der Waals surface area contributed by atoms with Gasteiger partial charge in [-0.25, -0.2) is 0 Å². The Bertz CT molecular complexity index is 655. The van der Waals surface area contributed by atoms with Crippen molar-refractivity contribution in [2.75, 3.05) is 0 Å². The summed E-state index contributed by atoms with van der Waals surface area (Å²) in [5.74, 6) is 1.66. The van der Waals surface area contributed by atoms with E-state index in [1.807, 2.05) is 12.1 Å². The van der Waals surface area contributed by atoms with Crippen LogP contribution in [0.2, 0.25) is 0 Å². The zero-order valence-corrected chi connectivity index (χ0v) is 13.3. The summed E-state index contributed by atoms with van der Waals surface area (Å²) in [5, 5.41) is 10.6. The fraction of sp³-hybridized carbons (Fsp3) is 0.389. The van der Waals surface area contributed by atoms with E-state index in [4.69, 9.17) is 0 Å². The molecule has 2 aliphatic rings. The van der Waals surface area contributed by atoms with Crippen LogP contribution in [-0.2, 0) is 12.8 Å². The molecule has 1 aromatic carbocycles. The smallest absolute Gasteiger partial charge is 0.0632 e. The highest BCUT2D eigenvalue weighted by atomic mass is 79.9. The van der Waals surface area contributed by atoms with Crippen LogP contribution < -0.4 is 0 Å². The first-order chi connectivity index (χ1) is 10.2. The summed E-state index contributed by atoms with van der Waals surface area (Å²) in [5.41, 5.74) is 3.93. The average Bonchev–Trinajstić information content (AvgIpc) is 3.25. The molecule has 1 fully saturated rings. The molecule has 2 nitrogen and oxygen atoms in total. The molecular weight excluding hydrogens is 326 g/mol. The Morgan fingerprint density at radius 1 is 1.24 bits per heavy atom. The van der Waals surface area contributed by atoms with E-state index in [0.717, 1.165) is 16.6 Å². The first kappa shape index (κ1) is 13.5. The van der Waals surface area contributed by atoms with Gasteiger partial charge in [0.1, 0.15) is 0 Å². The third-order valence-corrected chi connectivity index (χ3v) is 5.51. The number of hydrogen-bond acceptors (Lipinski definition) is 2. The minimum atomic E-state index is -0.278. The molecule has 1 aromatic heterocycles. The first-order valence-corrected chi connectivity index (χ1v) is 8.39. The molecule has 1 N–H and O–H groups in total. The normalized spacial score (nSPS) is 27.6. The summed E-state index contributed by atoms with van der Waals surface area (Å²) < 4.78 is 0.981. The Balaban J connectivity index is 1.50. The maximum Gasteiger partial charge on any atom is 0.0632 e. The van der Waals surface area contributed by atoms with Gasteiger partial charge in [0.2, 0.25) is 0 Å². The number of aryl methyl sites for hydroxylation is 1. The Morgan fingerprint density at radius 2 is 2.10 bits per heavy atom. The molecular formula is C18H18BrNO. The topological polar surface area (TPSA) is 33.1 Å². The monoisotopic (exact) mass is 343 g/mol. The van der Waals surface area contributed by atoms with Crippen LogP contribution in [0.1, 0.15) is 29.2 Å². The minimum Gasteiger partial charge on any atom is -0.392 e. The molecule has 0 spiro atoms. The zero-order valence-electron chi connectivity index (χ0n) is 11.7. The molecule has 4 atom stereocenters. The Kier molecular flexibility index (Phi) is 3.35. The largest absolute Gasteiger partial charge is 0.392 e. The molecule has 0 saturated heterocycles. The van der Waals surface area contributed by atoms with E-state index < -0.39 is 0 Å². The van der Waals surface area contributed by atoms with Crippen molar-refractivity contribution in [2.45, 2.75) is 31.3 Å². The van der Waals surface area contributed by atoms with Gasteiger partial charge in [0.15, 0.2) is 0 Å². The number of aromatic nitrogens is 1. The molecule has 0 radical (unpaired) electrons. The van der Waals surface area contributed by atoms with Gasteiger partial charge in [-0.3, -0.25) is 4.98 Å². The number of hydrogen-bond donors (Lipinski definition) is 1. The second kappa shape index (κ2) is 5.22. The Hall–Kier alpha value is -1.19. The summed E-state index contributed by atoms with van der Waals surface area (Å²) >= 11 is 3.40. The summed E-state index contributed by atoms with van der Waals surface area (Å²) in [6.07, 6.45) is 4.57. The number of aliphatic hydroxyl groups excluding tert-OH is 1. The lowest BCUT2D eigenvalue weighted by Gasteiger charge is -2.13. The van der Waals surface area contributed by atoms with Crippen molar-refractivity contribution in [3.63, 3.8) is 0 Å². The molecule has 0 bridgehead atoms. The van der Waals surface area contributed by atoms with Crippen LogP contribution in [0.4, 0.5) is 0 Å². The summed E-state index contributed by atoms with van der Waals surface area (Å²) in [7, 11) is 0. The lowest BCUT2D eigenvalue weighted by Crippen LogP contribution is -2.15. The molecule has 2 aromatic rings. The van der Waals surface area contributed by atoms with E-state index in [9.17, 15) is 5.11 Å². The molecule has 4 rings (SSSR count). The van der Waals surface area contributed by atoms with Crippen molar-refractivity contribution in [1.29, 1.82) is 0 Å². The standard InChI is InChI=1S/C18H18BrNO/c19-12-6-7-13(20-10-12)9-16(21)18-15-8-5-11-3-1-2-4-14(11)17(15)18/h1-4,6-7,10,15-18,21H,5,8-9H2. The highest BCUT2D eigenvalue weighted by Gasteiger charge is 2.55. The Morgan fingerprint density at radius 3 is 2.90 bits per heavy atom. The minimum absolute atomic E-state index is 0.278. The molecule has 0 aliphatic heterocycles. The van der Waals surface area contributed by atoms with Crippen molar-refractivity contribution >= 4 is 15.9 Å². The number of rotatable bonds is 3. The molecule has 2 aliphatic carbocycles. The predicted octanol–water partition coefficient (Wildman–Crippen LogP) is 3.72. The van der Waals surface area contributed by atoms with Gasteiger partial charge in [0.05, 0.1) is 6.10 Å². The van der Waals surface area contributed by atoms with Gasteiger partial charge in [0, 0.05) is 22.8 Å². The van der Waals surface area contributed by atoms with Gasteiger partial charge < -0.3 is 5.11 Å². The third-order valence-electron chi connectivity index (χ3n) is 5.04. The summed E-state index contributed by atoms with van der Waals surface area (Å²) in [6.45, 7) is 0. The first-order valence-electron chi connectivity index (χ1n) is 7.60. The summed E-state index contributed by atoms with van der Waals surface area (Å²) in [4.78, 5) is 4.38. The average molecular weight is 344 g/mol. The fourth-order valence-corrected chi connectivity index (χ4v) is 4.26. The van der Waals surface area contributed by atoms with Crippen LogP contribution in [-0.4, -0.2) is 16.2 Å². The van der Waals surface area contributed by atoms with Crippen LogP contribution in [0.3, 0.4) is 0 Å². The van der Waals surface area contributed by atoms with Crippen molar-refractivity contribution in [3.8, 4) is 0 Å². The number of benzene rings is 1. The van der Waals surface area contributed by atoms with Crippen molar-refractivity contribution in [2.24, 2.45) is 11.8 Å². The molecule has 0 amide bonds. The van der Waals surface area contributed by atoms with Gasteiger partial charge in [-0.15, -0.1) is 0 Å². The van der Waals surface area contributed by atoms with Gasteiger partial charge >= 0.3 is 0 Å². The molecule has 21 heavy (non-hydrogen) atoms. The van der Waals surface area contributed by atoms with Crippen molar-refractivity contribution in [1.82, 2.24) is 4.98 Å². The van der Waals surface area contributed by atoms with Crippen LogP contribution in [0.15, 0.2) is 47.1 Å². The second-order valence-corrected chi connectivity index (χ2v) is 7.16. The number of nitrogens with zero attached hydrogens (tertiary/aromatic N) is 1. The van der Waals surface area contributed by atoms with Gasteiger partial charge in [-0.2, -0.15) is 0 Å². The molecule has 1 saturated carbocycles. The second-order valence-electron chi connectivity index (χ2n) is 6.24. The number of fused-ring (bicyclic) bond motifs is 3. The SMILES string of the molecule is OC(Cc1ccc(Br)cn1)C1C2CCc3ccccc3C21. The third kappa shape index (κ3) is 2.43. The lowest BCUT2D eigenvalue weighted by molar-refractivity contribution is 0.142.